The van der Waals surface area contributed by atoms with Crippen molar-refractivity contribution in [1.82, 2.24) is 15.1 Å². The van der Waals surface area contributed by atoms with Crippen molar-refractivity contribution in [2.24, 2.45) is 0 Å². The van der Waals surface area contributed by atoms with Gasteiger partial charge in [-0.15, -0.1) is 0 Å². The van der Waals surface area contributed by atoms with E-state index in [0.717, 1.165) is 11.8 Å². The van der Waals surface area contributed by atoms with Crippen LogP contribution in [0.2, 0.25) is 0 Å². The molecule has 0 spiro atoms. The summed E-state index contributed by atoms with van der Waals surface area (Å²) in [7, 11) is 0. The standard InChI is InChI=1S/C12H21N3OS/c1-17-12-3-2-11(6-12)13-7-10-8-14-15(9-10)4-5-16/h8-9,11-13,16H,2-7H2,1H3. The Labute approximate surface area is 107 Å². The lowest BCUT2D eigenvalue weighted by atomic mass is 10.2. The van der Waals surface area contributed by atoms with E-state index in [1.807, 2.05) is 24.2 Å². The summed E-state index contributed by atoms with van der Waals surface area (Å²) in [5.74, 6) is 0. The molecule has 1 fully saturated rings. The maximum absolute atomic E-state index is 8.81. The molecule has 0 bridgehead atoms. The number of aliphatic hydroxyl groups is 1. The SMILES string of the molecule is CSC1CCC(NCc2cnn(CCO)c2)C1. The molecule has 4 nitrogen and oxygen atoms in total. The fraction of sp³-hybridized carbons (Fsp3) is 0.750. The van der Waals surface area contributed by atoms with Crippen molar-refractivity contribution in [3.63, 3.8) is 0 Å². The van der Waals surface area contributed by atoms with Crippen LogP contribution in [0.1, 0.15) is 24.8 Å². The van der Waals surface area contributed by atoms with Crippen molar-refractivity contribution < 1.29 is 5.11 Å². The Morgan fingerprint density at radius 2 is 2.47 bits per heavy atom. The molecule has 2 unspecified atom stereocenters. The third-order valence-electron chi connectivity index (χ3n) is 3.33. The fourth-order valence-electron chi connectivity index (χ4n) is 2.32. The minimum absolute atomic E-state index is 0.145. The zero-order valence-corrected chi connectivity index (χ0v) is 11.1. The van der Waals surface area contributed by atoms with Crippen molar-refractivity contribution in [1.29, 1.82) is 0 Å². The molecule has 1 aromatic heterocycles. The van der Waals surface area contributed by atoms with E-state index in [2.05, 4.69) is 16.7 Å². The van der Waals surface area contributed by atoms with Crippen molar-refractivity contribution in [2.75, 3.05) is 12.9 Å². The molecule has 1 saturated carbocycles. The first-order chi connectivity index (χ1) is 8.31. The quantitative estimate of drug-likeness (QED) is 0.803. The molecule has 2 rings (SSSR count). The summed E-state index contributed by atoms with van der Waals surface area (Å²) in [5.41, 5.74) is 1.20. The molecule has 2 N–H and O–H groups in total. The smallest absolute Gasteiger partial charge is 0.0640 e. The number of thioether (sulfide) groups is 1. The first-order valence-electron chi connectivity index (χ1n) is 6.20. The maximum Gasteiger partial charge on any atom is 0.0640 e. The first kappa shape index (κ1) is 12.9. The largest absolute Gasteiger partial charge is 0.394 e. The summed E-state index contributed by atoms with van der Waals surface area (Å²) >= 11 is 1.98. The lowest BCUT2D eigenvalue weighted by Gasteiger charge is -2.11. The van der Waals surface area contributed by atoms with Crippen LogP contribution in [0.15, 0.2) is 12.4 Å². The van der Waals surface area contributed by atoms with E-state index in [1.54, 1.807) is 4.68 Å². The van der Waals surface area contributed by atoms with Crippen molar-refractivity contribution >= 4 is 11.8 Å². The molecule has 96 valence electrons. The normalized spacial score (nSPS) is 24.4. The molecule has 0 saturated heterocycles. The summed E-state index contributed by atoms with van der Waals surface area (Å²) < 4.78 is 1.79. The van der Waals surface area contributed by atoms with Crippen LogP contribution in [0.5, 0.6) is 0 Å². The molecule has 1 aliphatic carbocycles. The Morgan fingerprint density at radius 1 is 1.59 bits per heavy atom. The molecule has 5 heteroatoms. The molecule has 0 amide bonds. The number of aromatic nitrogens is 2. The maximum atomic E-state index is 8.81. The molecular weight excluding hydrogens is 234 g/mol. The van der Waals surface area contributed by atoms with Crippen LogP contribution in [-0.4, -0.2) is 39.0 Å². The summed E-state index contributed by atoms with van der Waals surface area (Å²) in [4.78, 5) is 0. The van der Waals surface area contributed by atoms with Gasteiger partial charge in [0.15, 0.2) is 0 Å². The van der Waals surface area contributed by atoms with Gasteiger partial charge in [-0.1, -0.05) is 0 Å². The second kappa shape index (κ2) is 6.42. The summed E-state index contributed by atoms with van der Waals surface area (Å²) in [6.45, 7) is 1.61. The Bertz CT molecular complexity index is 342. The molecule has 1 aliphatic rings. The molecule has 17 heavy (non-hydrogen) atoms. The van der Waals surface area contributed by atoms with E-state index in [-0.39, 0.29) is 6.61 Å². The number of rotatable bonds is 6. The van der Waals surface area contributed by atoms with E-state index in [0.29, 0.717) is 12.6 Å². The number of aliphatic hydroxyl groups excluding tert-OH is 1. The van der Waals surface area contributed by atoms with Gasteiger partial charge < -0.3 is 10.4 Å². The van der Waals surface area contributed by atoms with E-state index in [9.17, 15) is 0 Å². The molecule has 1 heterocycles. The Kier molecular flexibility index (Phi) is 4.88. The van der Waals surface area contributed by atoms with Crippen LogP contribution in [0.4, 0.5) is 0 Å². The average molecular weight is 255 g/mol. The van der Waals surface area contributed by atoms with Gasteiger partial charge in [0.25, 0.3) is 0 Å². The zero-order valence-electron chi connectivity index (χ0n) is 10.3. The number of hydrogen-bond acceptors (Lipinski definition) is 4. The van der Waals surface area contributed by atoms with Gasteiger partial charge in [-0.2, -0.15) is 16.9 Å². The van der Waals surface area contributed by atoms with Gasteiger partial charge in [-0.3, -0.25) is 4.68 Å². The third-order valence-corrected chi connectivity index (χ3v) is 4.42. The molecular formula is C12H21N3OS. The number of hydrogen-bond donors (Lipinski definition) is 2. The monoisotopic (exact) mass is 255 g/mol. The topological polar surface area (TPSA) is 50.1 Å². The van der Waals surface area contributed by atoms with Crippen LogP contribution in [0, 0.1) is 0 Å². The van der Waals surface area contributed by atoms with Gasteiger partial charge in [0.1, 0.15) is 0 Å². The van der Waals surface area contributed by atoms with Gasteiger partial charge in [0.2, 0.25) is 0 Å². The lowest BCUT2D eigenvalue weighted by molar-refractivity contribution is 0.269. The van der Waals surface area contributed by atoms with Crippen LogP contribution in [0.25, 0.3) is 0 Å². The van der Waals surface area contributed by atoms with E-state index >= 15 is 0 Å². The van der Waals surface area contributed by atoms with Crippen LogP contribution < -0.4 is 5.32 Å². The molecule has 0 aromatic carbocycles. The molecule has 1 aromatic rings. The molecule has 0 radical (unpaired) electrons. The highest BCUT2D eigenvalue weighted by Crippen LogP contribution is 2.28. The highest BCUT2D eigenvalue weighted by Gasteiger charge is 2.23. The Hall–Kier alpha value is -0.520. The second-order valence-electron chi connectivity index (χ2n) is 4.58. The molecule has 2 atom stereocenters. The zero-order chi connectivity index (χ0) is 12.1. The van der Waals surface area contributed by atoms with Crippen LogP contribution in [0.3, 0.4) is 0 Å². The lowest BCUT2D eigenvalue weighted by Crippen LogP contribution is -2.25. The molecule has 0 aliphatic heterocycles. The number of nitrogens with one attached hydrogen (secondary N) is 1. The predicted molar refractivity (Wildman–Crippen MR) is 71.1 cm³/mol. The van der Waals surface area contributed by atoms with Crippen molar-refractivity contribution in [3.05, 3.63) is 18.0 Å². The fourth-order valence-corrected chi connectivity index (χ4v) is 3.12. The minimum atomic E-state index is 0.145. The van der Waals surface area contributed by atoms with Crippen LogP contribution in [-0.2, 0) is 13.1 Å². The van der Waals surface area contributed by atoms with Crippen LogP contribution >= 0.6 is 11.8 Å². The summed E-state index contributed by atoms with van der Waals surface area (Å²) in [6.07, 6.45) is 9.99. The summed E-state index contributed by atoms with van der Waals surface area (Å²) in [6, 6.07) is 0.661. The van der Waals surface area contributed by atoms with Gasteiger partial charge in [0.05, 0.1) is 19.3 Å². The van der Waals surface area contributed by atoms with Gasteiger partial charge >= 0.3 is 0 Å². The van der Waals surface area contributed by atoms with E-state index in [4.69, 9.17) is 5.11 Å². The highest BCUT2D eigenvalue weighted by atomic mass is 32.2. The minimum Gasteiger partial charge on any atom is -0.394 e. The Morgan fingerprint density at radius 3 is 3.18 bits per heavy atom. The van der Waals surface area contributed by atoms with E-state index in [1.165, 1.54) is 24.8 Å². The second-order valence-corrected chi connectivity index (χ2v) is 5.72. The van der Waals surface area contributed by atoms with Crippen molar-refractivity contribution in [2.45, 2.75) is 43.6 Å². The predicted octanol–water partition coefficient (Wildman–Crippen LogP) is 1.25. The first-order valence-corrected chi connectivity index (χ1v) is 7.49. The van der Waals surface area contributed by atoms with Gasteiger partial charge in [-0.25, -0.2) is 0 Å². The summed E-state index contributed by atoms with van der Waals surface area (Å²) in [5, 5.41) is 17.4. The number of nitrogens with zero attached hydrogens (tertiary/aromatic N) is 2. The van der Waals surface area contributed by atoms with E-state index < -0.39 is 0 Å². The van der Waals surface area contributed by atoms with Gasteiger partial charge in [0, 0.05) is 29.6 Å². The highest BCUT2D eigenvalue weighted by molar-refractivity contribution is 7.99. The van der Waals surface area contributed by atoms with Gasteiger partial charge in [-0.05, 0) is 25.5 Å². The van der Waals surface area contributed by atoms with Crippen molar-refractivity contribution in [3.8, 4) is 0 Å². The average Bonchev–Trinajstić information content (AvgIpc) is 2.95. The Balaban J connectivity index is 1.74. The third kappa shape index (κ3) is 3.72.